The predicted molar refractivity (Wildman–Crippen MR) is 134 cm³/mol. The molecule has 6 nitrogen and oxygen atoms in total. The molecule has 37 heavy (non-hydrogen) atoms. The van der Waals surface area contributed by atoms with Crippen molar-refractivity contribution in [2.75, 3.05) is 5.32 Å². The van der Waals surface area contributed by atoms with Gasteiger partial charge in [0.2, 0.25) is 0 Å². The van der Waals surface area contributed by atoms with Gasteiger partial charge in [-0.15, -0.1) is 0 Å². The molecule has 0 saturated heterocycles. The van der Waals surface area contributed by atoms with Crippen molar-refractivity contribution < 1.29 is 18.0 Å². The number of alkyl halides is 3. The number of nitrogens with zero attached hydrogens (tertiary/aromatic N) is 4. The highest BCUT2D eigenvalue weighted by Crippen LogP contribution is 2.34. The fourth-order valence-corrected chi connectivity index (χ4v) is 4.44. The van der Waals surface area contributed by atoms with Gasteiger partial charge in [-0.05, 0) is 42.3 Å². The first-order valence-corrected chi connectivity index (χ1v) is 11.6. The third-order valence-corrected chi connectivity index (χ3v) is 6.27. The normalized spacial score (nSPS) is 11.5. The molecule has 5 rings (SSSR count). The van der Waals surface area contributed by atoms with Gasteiger partial charge in [0.1, 0.15) is 23.0 Å². The summed E-state index contributed by atoms with van der Waals surface area (Å²) >= 11 is 6.19. The average Bonchev–Trinajstić information content (AvgIpc) is 3.16. The van der Waals surface area contributed by atoms with Crippen LogP contribution >= 0.6 is 11.6 Å². The number of para-hydroxylation sites is 2. The summed E-state index contributed by atoms with van der Waals surface area (Å²) in [6.45, 7) is -0.00354. The molecule has 0 atom stereocenters. The minimum atomic E-state index is -4.52. The Morgan fingerprint density at radius 2 is 1.62 bits per heavy atom. The topological polar surface area (TPSA) is 83.6 Å². The molecule has 0 saturated carbocycles. The fraction of sp³-hybridized carbons (Fsp3) is 0.111. The van der Waals surface area contributed by atoms with Gasteiger partial charge < -0.3 is 9.88 Å². The van der Waals surface area contributed by atoms with Crippen LogP contribution in [0, 0.1) is 11.3 Å². The zero-order valence-electron chi connectivity index (χ0n) is 19.1. The Kier molecular flexibility index (Phi) is 6.27. The molecule has 1 amide bonds. The summed E-state index contributed by atoms with van der Waals surface area (Å²) in [7, 11) is 0. The molecule has 0 aliphatic rings. The molecule has 0 fully saturated rings. The van der Waals surface area contributed by atoms with E-state index in [1.54, 1.807) is 42.5 Å². The van der Waals surface area contributed by atoms with Gasteiger partial charge in [-0.3, -0.25) is 4.79 Å². The van der Waals surface area contributed by atoms with E-state index in [1.807, 2.05) is 0 Å². The van der Waals surface area contributed by atoms with Crippen molar-refractivity contribution in [2.24, 2.45) is 0 Å². The Bertz CT molecular complexity index is 1700. The van der Waals surface area contributed by atoms with Crippen LogP contribution in [-0.2, 0) is 19.1 Å². The lowest BCUT2D eigenvalue weighted by Gasteiger charge is -2.15. The SMILES string of the molecule is N#Cc1c(NC(=O)c2ccccc2Cl)n(CCc2ccccc2C(F)(F)F)c2nc3ccccc3nc12. The number of nitriles is 1. The molecule has 0 spiro atoms. The molecular weight excluding hydrogens is 503 g/mol. The van der Waals surface area contributed by atoms with E-state index in [0.29, 0.717) is 11.0 Å². The van der Waals surface area contributed by atoms with E-state index in [2.05, 4.69) is 21.4 Å². The smallest absolute Gasteiger partial charge is 0.309 e. The molecule has 2 heterocycles. The second-order valence-electron chi connectivity index (χ2n) is 8.21. The van der Waals surface area contributed by atoms with Gasteiger partial charge in [0, 0.05) is 6.54 Å². The average molecular weight is 520 g/mol. The molecule has 0 radical (unpaired) electrons. The number of aryl methyl sites for hydroxylation is 2. The van der Waals surface area contributed by atoms with Gasteiger partial charge in [0.05, 0.1) is 27.2 Å². The summed E-state index contributed by atoms with van der Waals surface area (Å²) < 4.78 is 42.3. The summed E-state index contributed by atoms with van der Waals surface area (Å²) in [4.78, 5) is 22.3. The third-order valence-electron chi connectivity index (χ3n) is 5.94. The minimum absolute atomic E-state index is 0.00354. The highest BCUT2D eigenvalue weighted by molar-refractivity contribution is 6.34. The van der Waals surface area contributed by atoms with Crippen molar-refractivity contribution in [1.29, 1.82) is 5.26 Å². The fourth-order valence-electron chi connectivity index (χ4n) is 4.22. The first kappa shape index (κ1) is 24.3. The summed E-state index contributed by atoms with van der Waals surface area (Å²) in [6, 6.07) is 20.8. The van der Waals surface area contributed by atoms with Gasteiger partial charge in [-0.25, -0.2) is 9.97 Å². The molecule has 1 N–H and O–H groups in total. The van der Waals surface area contributed by atoms with Crippen LogP contribution in [0.1, 0.15) is 27.0 Å². The van der Waals surface area contributed by atoms with Crippen molar-refractivity contribution in [2.45, 2.75) is 19.1 Å². The lowest BCUT2D eigenvalue weighted by atomic mass is 10.0. The highest BCUT2D eigenvalue weighted by atomic mass is 35.5. The van der Waals surface area contributed by atoms with E-state index in [-0.39, 0.29) is 51.7 Å². The summed E-state index contributed by atoms with van der Waals surface area (Å²) in [5.41, 5.74) is 1.15. The Morgan fingerprint density at radius 3 is 2.32 bits per heavy atom. The van der Waals surface area contributed by atoms with Crippen LogP contribution in [0.25, 0.3) is 22.2 Å². The monoisotopic (exact) mass is 519 g/mol. The number of aromatic nitrogens is 3. The van der Waals surface area contributed by atoms with Crippen molar-refractivity contribution in [1.82, 2.24) is 14.5 Å². The van der Waals surface area contributed by atoms with Crippen LogP contribution in [0.4, 0.5) is 19.0 Å². The van der Waals surface area contributed by atoms with E-state index in [9.17, 15) is 23.2 Å². The Morgan fingerprint density at radius 1 is 0.973 bits per heavy atom. The summed E-state index contributed by atoms with van der Waals surface area (Å²) in [5.74, 6) is -0.492. The third kappa shape index (κ3) is 4.59. The molecule has 3 aromatic carbocycles. The maximum atomic E-state index is 13.6. The molecule has 0 aliphatic carbocycles. The number of hydrogen-bond acceptors (Lipinski definition) is 4. The van der Waals surface area contributed by atoms with Gasteiger partial charge in [-0.1, -0.05) is 54.1 Å². The van der Waals surface area contributed by atoms with Gasteiger partial charge in [0.15, 0.2) is 5.65 Å². The van der Waals surface area contributed by atoms with Gasteiger partial charge in [-0.2, -0.15) is 18.4 Å². The number of carbonyl (C=O) groups is 1. The van der Waals surface area contributed by atoms with E-state index < -0.39 is 17.6 Å². The van der Waals surface area contributed by atoms with Crippen LogP contribution in [0.3, 0.4) is 0 Å². The number of hydrogen-bond donors (Lipinski definition) is 1. The molecule has 184 valence electrons. The first-order chi connectivity index (χ1) is 17.8. The number of amides is 1. The maximum absolute atomic E-state index is 13.6. The Hall–Kier alpha value is -4.42. The largest absolute Gasteiger partial charge is 0.416 e. The molecule has 5 aromatic rings. The first-order valence-electron chi connectivity index (χ1n) is 11.2. The number of benzene rings is 3. The second-order valence-corrected chi connectivity index (χ2v) is 8.62. The summed E-state index contributed by atoms with van der Waals surface area (Å²) in [6.07, 6.45) is -4.56. The zero-order chi connectivity index (χ0) is 26.2. The van der Waals surface area contributed by atoms with E-state index in [1.165, 1.54) is 28.8 Å². The van der Waals surface area contributed by atoms with Crippen LogP contribution < -0.4 is 5.32 Å². The molecule has 0 aliphatic heterocycles. The number of rotatable bonds is 5. The van der Waals surface area contributed by atoms with Crippen LogP contribution in [-0.4, -0.2) is 20.4 Å². The predicted octanol–water partition coefficient (Wildman–Crippen LogP) is 6.62. The zero-order valence-corrected chi connectivity index (χ0v) is 19.8. The number of anilines is 1. The van der Waals surface area contributed by atoms with Gasteiger partial charge in [0.25, 0.3) is 5.91 Å². The van der Waals surface area contributed by atoms with Crippen LogP contribution in [0.5, 0.6) is 0 Å². The molecule has 0 unspecified atom stereocenters. The highest BCUT2D eigenvalue weighted by Gasteiger charge is 2.33. The van der Waals surface area contributed by atoms with Crippen molar-refractivity contribution in [3.05, 3.63) is 100 Å². The summed E-state index contributed by atoms with van der Waals surface area (Å²) in [5, 5.41) is 13.0. The van der Waals surface area contributed by atoms with Crippen molar-refractivity contribution in [3.8, 4) is 6.07 Å². The Labute approximate surface area is 213 Å². The van der Waals surface area contributed by atoms with Crippen molar-refractivity contribution >= 4 is 45.5 Å². The number of nitrogens with one attached hydrogen (secondary N) is 1. The number of fused-ring (bicyclic) bond motifs is 2. The van der Waals surface area contributed by atoms with Crippen molar-refractivity contribution in [3.63, 3.8) is 0 Å². The quantitative estimate of drug-likeness (QED) is 0.283. The van der Waals surface area contributed by atoms with E-state index in [4.69, 9.17) is 11.6 Å². The second kappa shape index (κ2) is 9.56. The van der Waals surface area contributed by atoms with E-state index >= 15 is 0 Å². The lowest BCUT2D eigenvalue weighted by Crippen LogP contribution is -2.18. The number of carbonyl (C=O) groups excluding carboxylic acids is 1. The number of halogens is 4. The van der Waals surface area contributed by atoms with Gasteiger partial charge >= 0.3 is 6.18 Å². The minimum Gasteiger partial charge on any atom is -0.309 e. The lowest BCUT2D eigenvalue weighted by molar-refractivity contribution is -0.138. The molecule has 0 bridgehead atoms. The molecule has 10 heteroatoms. The Balaban J connectivity index is 1.66. The molecular formula is C27H17ClF3N5O. The molecule has 2 aromatic heterocycles. The maximum Gasteiger partial charge on any atom is 0.416 e. The standard InChI is InChI=1S/C27H17ClF3N5O/c28-20-10-4-2-8-17(20)26(37)35-24-18(15-32)23-25(34-22-12-6-5-11-21(22)33-23)36(24)14-13-16-7-1-3-9-19(16)27(29,30)31/h1-12H,13-14H2,(H,35,37). The van der Waals surface area contributed by atoms with E-state index in [0.717, 1.165) is 6.07 Å². The van der Waals surface area contributed by atoms with Crippen LogP contribution in [0.2, 0.25) is 5.02 Å². The van der Waals surface area contributed by atoms with Crippen LogP contribution in [0.15, 0.2) is 72.8 Å².